The molecule has 1 aliphatic heterocycles. The highest BCUT2D eigenvalue weighted by Gasteiger charge is 2.18. The Kier molecular flexibility index (Phi) is 4.10. The average Bonchev–Trinajstić information content (AvgIpc) is 2.94. The fourth-order valence-corrected chi connectivity index (χ4v) is 3.21. The van der Waals surface area contributed by atoms with E-state index in [9.17, 15) is 0 Å². The molecule has 0 amide bonds. The summed E-state index contributed by atoms with van der Waals surface area (Å²) in [5, 5.41) is 0. The van der Waals surface area contributed by atoms with Crippen LogP contribution in [0.3, 0.4) is 0 Å². The van der Waals surface area contributed by atoms with E-state index < -0.39 is 0 Å². The van der Waals surface area contributed by atoms with E-state index in [2.05, 4.69) is 58.7 Å². The zero-order valence-corrected chi connectivity index (χ0v) is 12.9. The first-order chi connectivity index (χ1) is 9.31. The highest BCUT2D eigenvalue weighted by atomic mass is 79.9. The van der Waals surface area contributed by atoms with Gasteiger partial charge in [-0.25, -0.2) is 0 Å². The summed E-state index contributed by atoms with van der Waals surface area (Å²) in [6, 6.07) is 8.53. The summed E-state index contributed by atoms with van der Waals surface area (Å²) in [6.07, 6.45) is 1.86. The van der Waals surface area contributed by atoms with Crippen LogP contribution < -0.4 is 4.90 Å². The molecule has 0 N–H and O–H groups in total. The zero-order valence-electron chi connectivity index (χ0n) is 10.5. The van der Waals surface area contributed by atoms with Gasteiger partial charge in [-0.1, -0.05) is 28.1 Å². The summed E-state index contributed by atoms with van der Waals surface area (Å²) >= 11 is 4.80. The lowest BCUT2D eigenvalue weighted by molar-refractivity contribution is 0.249. The van der Waals surface area contributed by atoms with Gasteiger partial charge in [-0.15, -0.1) is 0 Å². The Labute approximate surface area is 125 Å². The molecule has 0 radical (unpaired) electrons. The third kappa shape index (κ3) is 3.32. The van der Waals surface area contributed by atoms with Crippen molar-refractivity contribution in [3.63, 3.8) is 0 Å². The van der Waals surface area contributed by atoms with Gasteiger partial charge in [-0.2, -0.15) is 8.75 Å². The normalized spacial score (nSPS) is 16.8. The van der Waals surface area contributed by atoms with Gasteiger partial charge >= 0.3 is 0 Å². The number of piperazine rings is 1. The fourth-order valence-electron chi connectivity index (χ4n) is 2.33. The molecular formula is C13H15BrN4S. The van der Waals surface area contributed by atoms with Gasteiger partial charge in [0.15, 0.2) is 5.82 Å². The molecular weight excluding hydrogens is 324 g/mol. The van der Waals surface area contributed by atoms with Crippen molar-refractivity contribution in [2.24, 2.45) is 0 Å². The predicted molar refractivity (Wildman–Crippen MR) is 81.5 cm³/mol. The molecule has 0 unspecified atom stereocenters. The standard InChI is InChI=1S/C13H15BrN4S/c14-12-3-1-2-11(8-12)10-17-4-6-18(7-5-17)13-9-15-19-16-13/h1-3,8-9H,4-7,10H2. The van der Waals surface area contributed by atoms with Gasteiger partial charge in [0.25, 0.3) is 0 Å². The van der Waals surface area contributed by atoms with Gasteiger partial charge in [0.1, 0.15) is 0 Å². The molecule has 0 aliphatic carbocycles. The molecule has 2 heterocycles. The molecule has 0 atom stereocenters. The molecule has 1 aromatic heterocycles. The van der Waals surface area contributed by atoms with E-state index in [1.165, 1.54) is 17.3 Å². The van der Waals surface area contributed by atoms with Crippen molar-refractivity contribution in [3.8, 4) is 0 Å². The number of aromatic nitrogens is 2. The molecule has 0 bridgehead atoms. The summed E-state index contributed by atoms with van der Waals surface area (Å²) in [5.74, 6) is 1.02. The fraction of sp³-hybridized carbons (Fsp3) is 0.385. The molecule has 19 heavy (non-hydrogen) atoms. The van der Waals surface area contributed by atoms with Gasteiger partial charge in [0.2, 0.25) is 0 Å². The van der Waals surface area contributed by atoms with Crippen LogP contribution in [-0.2, 0) is 6.54 Å². The van der Waals surface area contributed by atoms with E-state index in [1.807, 2.05) is 6.20 Å². The number of benzene rings is 1. The summed E-state index contributed by atoms with van der Waals surface area (Å²) in [7, 11) is 0. The van der Waals surface area contributed by atoms with Crippen molar-refractivity contribution >= 4 is 33.5 Å². The van der Waals surface area contributed by atoms with Gasteiger partial charge in [0, 0.05) is 37.2 Å². The number of halogens is 1. The van der Waals surface area contributed by atoms with Gasteiger partial charge < -0.3 is 4.90 Å². The Morgan fingerprint density at radius 2 is 2.05 bits per heavy atom. The molecule has 6 heteroatoms. The number of hydrogen-bond donors (Lipinski definition) is 0. The van der Waals surface area contributed by atoms with Crippen molar-refractivity contribution in [1.29, 1.82) is 0 Å². The van der Waals surface area contributed by atoms with Crippen molar-refractivity contribution in [2.75, 3.05) is 31.1 Å². The van der Waals surface area contributed by atoms with Crippen LogP contribution in [0.25, 0.3) is 0 Å². The maximum Gasteiger partial charge on any atom is 0.162 e. The topological polar surface area (TPSA) is 32.3 Å². The van der Waals surface area contributed by atoms with Crippen molar-refractivity contribution < 1.29 is 0 Å². The van der Waals surface area contributed by atoms with Crippen LogP contribution in [0.1, 0.15) is 5.56 Å². The van der Waals surface area contributed by atoms with Crippen LogP contribution in [0.4, 0.5) is 5.82 Å². The molecule has 1 aromatic carbocycles. The van der Waals surface area contributed by atoms with Crippen molar-refractivity contribution in [1.82, 2.24) is 13.6 Å². The quantitative estimate of drug-likeness (QED) is 0.861. The average molecular weight is 339 g/mol. The van der Waals surface area contributed by atoms with E-state index in [4.69, 9.17) is 0 Å². The summed E-state index contributed by atoms with van der Waals surface area (Å²) in [6.45, 7) is 5.22. The predicted octanol–water partition coefficient (Wildman–Crippen LogP) is 2.62. The van der Waals surface area contributed by atoms with Gasteiger partial charge in [-0.05, 0) is 17.7 Å². The van der Waals surface area contributed by atoms with Crippen LogP contribution in [0, 0.1) is 0 Å². The van der Waals surface area contributed by atoms with E-state index >= 15 is 0 Å². The number of hydrogen-bond acceptors (Lipinski definition) is 5. The minimum absolute atomic E-state index is 1.02. The number of anilines is 1. The lowest BCUT2D eigenvalue weighted by atomic mass is 10.2. The maximum absolute atomic E-state index is 4.29. The second-order valence-electron chi connectivity index (χ2n) is 4.66. The Bertz CT molecular complexity index is 523. The lowest BCUT2D eigenvalue weighted by Gasteiger charge is -2.34. The van der Waals surface area contributed by atoms with Crippen LogP contribution in [-0.4, -0.2) is 39.8 Å². The SMILES string of the molecule is Brc1cccc(CN2CCN(c3cnsn3)CC2)c1. The highest BCUT2D eigenvalue weighted by Crippen LogP contribution is 2.17. The molecule has 1 saturated heterocycles. The molecule has 100 valence electrons. The summed E-state index contributed by atoms with van der Waals surface area (Å²) in [5.41, 5.74) is 1.36. The Morgan fingerprint density at radius 1 is 1.21 bits per heavy atom. The Morgan fingerprint density at radius 3 is 2.74 bits per heavy atom. The first-order valence-corrected chi connectivity index (χ1v) is 7.83. The monoisotopic (exact) mass is 338 g/mol. The van der Waals surface area contributed by atoms with E-state index in [1.54, 1.807) is 0 Å². The third-order valence-electron chi connectivity index (χ3n) is 3.34. The van der Waals surface area contributed by atoms with Crippen LogP contribution >= 0.6 is 27.7 Å². The second-order valence-corrected chi connectivity index (χ2v) is 6.13. The lowest BCUT2D eigenvalue weighted by Crippen LogP contribution is -2.46. The van der Waals surface area contributed by atoms with Crippen molar-refractivity contribution in [2.45, 2.75) is 6.54 Å². The molecule has 0 saturated carbocycles. The van der Waals surface area contributed by atoms with E-state index in [0.29, 0.717) is 0 Å². The maximum atomic E-state index is 4.29. The zero-order chi connectivity index (χ0) is 13.1. The minimum atomic E-state index is 1.02. The molecule has 1 fully saturated rings. The number of nitrogens with zero attached hydrogens (tertiary/aromatic N) is 4. The first kappa shape index (κ1) is 13.0. The van der Waals surface area contributed by atoms with E-state index in [-0.39, 0.29) is 0 Å². The Balaban J connectivity index is 1.56. The molecule has 1 aliphatic rings. The molecule has 3 rings (SSSR count). The van der Waals surface area contributed by atoms with Crippen LogP contribution in [0.2, 0.25) is 0 Å². The second kappa shape index (κ2) is 5.98. The minimum Gasteiger partial charge on any atom is -0.352 e. The Hall–Kier alpha value is -0.980. The van der Waals surface area contributed by atoms with Crippen LogP contribution in [0.5, 0.6) is 0 Å². The first-order valence-electron chi connectivity index (χ1n) is 6.30. The summed E-state index contributed by atoms with van der Waals surface area (Å²) < 4.78 is 9.51. The number of rotatable bonds is 3. The van der Waals surface area contributed by atoms with Crippen molar-refractivity contribution in [3.05, 3.63) is 40.5 Å². The largest absolute Gasteiger partial charge is 0.352 e. The third-order valence-corrected chi connectivity index (χ3v) is 4.30. The summed E-state index contributed by atoms with van der Waals surface area (Å²) in [4.78, 5) is 4.79. The van der Waals surface area contributed by atoms with Gasteiger partial charge in [-0.3, -0.25) is 4.90 Å². The molecule has 2 aromatic rings. The van der Waals surface area contributed by atoms with E-state index in [0.717, 1.165) is 43.0 Å². The smallest absolute Gasteiger partial charge is 0.162 e. The highest BCUT2D eigenvalue weighted by molar-refractivity contribution is 9.10. The van der Waals surface area contributed by atoms with Crippen LogP contribution in [0.15, 0.2) is 34.9 Å². The molecule has 0 spiro atoms. The van der Waals surface area contributed by atoms with Gasteiger partial charge in [0.05, 0.1) is 17.9 Å². The molecule has 4 nitrogen and oxygen atoms in total.